The van der Waals surface area contributed by atoms with E-state index >= 15 is 0 Å². The Kier molecular flexibility index (Phi) is 7.78. The highest BCUT2D eigenvalue weighted by Gasteiger charge is 2.27. The second-order valence-electron chi connectivity index (χ2n) is 5.13. The molecule has 29 heavy (non-hydrogen) atoms. The quantitative estimate of drug-likeness (QED) is 0.166. The number of ether oxygens (including phenoxy) is 2. The Balaban J connectivity index is 2.00. The largest absolute Gasteiger partial charge is 0.596 e. The Bertz CT molecular complexity index is 999. The lowest BCUT2D eigenvalue weighted by Crippen LogP contribution is -2.19. The highest BCUT2D eigenvalue weighted by molar-refractivity contribution is 7.97. The van der Waals surface area contributed by atoms with Gasteiger partial charge in [-0.15, -0.1) is 4.79 Å². The lowest BCUT2D eigenvalue weighted by Gasteiger charge is -2.05. The predicted octanol–water partition coefficient (Wildman–Crippen LogP) is 1.90. The highest BCUT2D eigenvalue weighted by Crippen LogP contribution is 2.20. The average molecular weight is 438 g/mol. The van der Waals surface area contributed by atoms with Gasteiger partial charge in [0, 0.05) is 13.8 Å². The molecule has 2 rings (SSSR count). The first-order valence-electron chi connectivity index (χ1n) is 7.77. The first-order valence-corrected chi connectivity index (χ1v) is 9.92. The van der Waals surface area contributed by atoms with Crippen molar-refractivity contribution < 1.29 is 40.6 Å². The van der Waals surface area contributed by atoms with Gasteiger partial charge in [-0.2, -0.15) is 4.21 Å². The van der Waals surface area contributed by atoms with E-state index in [0.29, 0.717) is 0 Å². The molecule has 0 spiro atoms. The van der Waals surface area contributed by atoms with Crippen molar-refractivity contribution in [1.29, 1.82) is 0 Å². The van der Waals surface area contributed by atoms with E-state index < -0.39 is 39.3 Å². The summed E-state index contributed by atoms with van der Waals surface area (Å²) in [5.74, 6) is -0.452. The summed E-state index contributed by atoms with van der Waals surface area (Å²) in [5.41, 5.74) is 9.00. The van der Waals surface area contributed by atoms with Crippen LogP contribution >= 0.6 is 0 Å². The van der Waals surface area contributed by atoms with Gasteiger partial charge in [-0.3, -0.25) is 9.59 Å². The molecule has 0 heterocycles. The fourth-order valence-corrected chi connectivity index (χ4v) is 3.28. The van der Waals surface area contributed by atoms with Crippen molar-refractivity contribution in [3.63, 3.8) is 0 Å². The number of esters is 2. The topological polar surface area (TPSA) is 142 Å². The minimum Gasteiger partial charge on any atom is -0.427 e. The minimum atomic E-state index is -2.43. The summed E-state index contributed by atoms with van der Waals surface area (Å²) in [7, 11) is 0. The van der Waals surface area contributed by atoms with Gasteiger partial charge >= 0.3 is 28.2 Å². The van der Waals surface area contributed by atoms with E-state index in [9.17, 15) is 18.0 Å². The normalized spacial score (nSPS) is 12.1. The minimum absolute atomic E-state index is 0.0838. The third-order valence-electron chi connectivity index (χ3n) is 2.91. The highest BCUT2D eigenvalue weighted by atomic mass is 32.2. The standard InChI is InChI=1S/C17H14N2O8S2/c1-11(20)24-13-3-5-15(6-4-13)26-29(23)17(19-18)27-28(22)16-9-7-14(8-10-16)25-12(2)21/h3-10H,1-2H3. The van der Waals surface area contributed by atoms with Gasteiger partial charge in [0.15, 0.2) is 0 Å². The SMILES string of the molecule is CC(=O)Oc1ccc(OS(=O)C(=[N+]=[N-])OS(=O)c2ccc(OC(C)=O)cc2)cc1. The average Bonchev–Trinajstić information content (AvgIpc) is 2.67. The molecule has 2 unspecified atom stereocenters. The first kappa shape index (κ1) is 22.0. The Morgan fingerprint density at radius 1 is 0.828 bits per heavy atom. The Hall–Kier alpha value is -3.34. The molecule has 0 aliphatic rings. The molecule has 12 heteroatoms. The summed E-state index contributed by atoms with van der Waals surface area (Å²) in [4.78, 5) is 24.6. The molecular formula is C17H14N2O8S2. The Labute approximate surface area is 170 Å². The van der Waals surface area contributed by atoms with Crippen LogP contribution in [-0.4, -0.2) is 30.4 Å². The van der Waals surface area contributed by atoms with E-state index in [1.165, 1.54) is 62.4 Å². The van der Waals surface area contributed by atoms with Crippen LogP contribution in [0.15, 0.2) is 53.4 Å². The lowest BCUT2D eigenvalue weighted by molar-refractivity contribution is -0.132. The van der Waals surface area contributed by atoms with Crippen molar-refractivity contribution in [2.75, 3.05) is 0 Å². The van der Waals surface area contributed by atoms with Gasteiger partial charge < -0.3 is 23.4 Å². The van der Waals surface area contributed by atoms with Gasteiger partial charge in [0.05, 0.1) is 4.90 Å². The second kappa shape index (κ2) is 10.3. The molecule has 0 saturated carbocycles. The number of hydrogen-bond acceptors (Lipinski definition) is 8. The van der Waals surface area contributed by atoms with Gasteiger partial charge in [0.2, 0.25) is 11.1 Å². The third kappa shape index (κ3) is 6.96. The maximum atomic E-state index is 12.2. The van der Waals surface area contributed by atoms with Crippen molar-refractivity contribution in [1.82, 2.24) is 0 Å². The number of hydrogen-bond donors (Lipinski definition) is 0. The fourth-order valence-electron chi connectivity index (χ4n) is 1.83. The van der Waals surface area contributed by atoms with Crippen molar-refractivity contribution in [3.05, 3.63) is 54.1 Å². The van der Waals surface area contributed by atoms with Crippen LogP contribution < -0.4 is 13.7 Å². The summed E-state index contributed by atoms with van der Waals surface area (Å²) in [5, 5.41) is -0.837. The van der Waals surface area contributed by atoms with Crippen LogP contribution in [0.2, 0.25) is 0 Å². The summed E-state index contributed by atoms with van der Waals surface area (Å²) in [6, 6.07) is 11.0. The summed E-state index contributed by atoms with van der Waals surface area (Å²) >= 11 is -4.61. The molecule has 0 amide bonds. The summed E-state index contributed by atoms with van der Waals surface area (Å²) in [6.07, 6.45) is 0. The van der Waals surface area contributed by atoms with E-state index in [0.717, 1.165) is 0 Å². The summed E-state index contributed by atoms with van der Waals surface area (Å²) < 4.78 is 44.0. The molecule has 0 aromatic heterocycles. The van der Waals surface area contributed by atoms with E-state index in [-0.39, 0.29) is 22.1 Å². The monoisotopic (exact) mass is 438 g/mol. The molecule has 10 nitrogen and oxygen atoms in total. The molecule has 0 radical (unpaired) electrons. The van der Waals surface area contributed by atoms with Crippen LogP contribution in [0.1, 0.15) is 13.8 Å². The van der Waals surface area contributed by atoms with Crippen LogP contribution in [0.4, 0.5) is 0 Å². The summed E-state index contributed by atoms with van der Waals surface area (Å²) in [6.45, 7) is 2.48. The van der Waals surface area contributed by atoms with Crippen molar-refractivity contribution >= 4 is 39.3 Å². The zero-order valence-corrected chi connectivity index (χ0v) is 16.7. The predicted molar refractivity (Wildman–Crippen MR) is 100 cm³/mol. The Morgan fingerprint density at radius 3 is 1.72 bits per heavy atom. The van der Waals surface area contributed by atoms with E-state index in [4.69, 9.17) is 23.4 Å². The van der Waals surface area contributed by atoms with E-state index in [2.05, 4.69) is 4.79 Å². The zero-order valence-electron chi connectivity index (χ0n) is 15.1. The molecule has 152 valence electrons. The van der Waals surface area contributed by atoms with Crippen molar-refractivity contribution in [2.45, 2.75) is 18.7 Å². The van der Waals surface area contributed by atoms with Crippen LogP contribution in [0, 0.1) is 0 Å². The van der Waals surface area contributed by atoms with E-state index in [1.807, 2.05) is 0 Å². The number of carbonyl (C=O) groups is 2. The van der Waals surface area contributed by atoms with Crippen LogP contribution in [-0.2, 0) is 35.9 Å². The zero-order chi connectivity index (χ0) is 21.4. The number of benzene rings is 2. The molecule has 0 aliphatic heterocycles. The smallest absolute Gasteiger partial charge is 0.427 e. The van der Waals surface area contributed by atoms with Crippen molar-refractivity contribution in [3.8, 4) is 17.2 Å². The molecule has 2 aromatic rings. The molecule has 2 atom stereocenters. The molecule has 0 saturated heterocycles. The van der Waals surface area contributed by atoms with Gasteiger partial charge in [-0.1, -0.05) is 0 Å². The number of nitrogens with zero attached hydrogens (tertiary/aromatic N) is 2. The van der Waals surface area contributed by atoms with Gasteiger partial charge in [0.1, 0.15) is 17.2 Å². The number of carbonyl (C=O) groups excluding carboxylic acids is 2. The molecule has 2 aromatic carbocycles. The maximum absolute atomic E-state index is 12.2. The van der Waals surface area contributed by atoms with Gasteiger partial charge in [-0.05, 0) is 48.5 Å². The van der Waals surface area contributed by atoms with Crippen LogP contribution in [0.5, 0.6) is 17.2 Å². The molecular weight excluding hydrogens is 424 g/mol. The second-order valence-corrected chi connectivity index (χ2v) is 7.22. The maximum Gasteiger partial charge on any atom is 0.596 e. The Morgan fingerprint density at radius 2 is 1.28 bits per heavy atom. The van der Waals surface area contributed by atoms with Crippen LogP contribution in [0.3, 0.4) is 0 Å². The fraction of sp³-hybridized carbons (Fsp3) is 0.118. The van der Waals surface area contributed by atoms with Gasteiger partial charge in [-0.25, -0.2) is 4.21 Å². The lowest BCUT2D eigenvalue weighted by atomic mass is 10.3. The number of rotatable bonds is 6. The molecule has 0 bridgehead atoms. The first-order chi connectivity index (χ1) is 13.8. The third-order valence-corrected chi connectivity index (χ3v) is 4.77. The van der Waals surface area contributed by atoms with E-state index in [1.54, 1.807) is 0 Å². The molecule has 0 fully saturated rings. The van der Waals surface area contributed by atoms with Gasteiger partial charge in [0.25, 0.3) is 0 Å². The molecule has 0 aliphatic carbocycles. The van der Waals surface area contributed by atoms with Crippen molar-refractivity contribution in [2.24, 2.45) is 0 Å². The van der Waals surface area contributed by atoms with Crippen LogP contribution in [0.25, 0.3) is 5.53 Å². The molecule has 0 N–H and O–H groups in total.